The first-order valence-corrected chi connectivity index (χ1v) is 14.6. The number of hydrogen-bond donors (Lipinski definition) is 2. The maximum atomic E-state index is 13.5. The monoisotopic (exact) mass is 535 g/mol. The van der Waals surface area contributed by atoms with Gasteiger partial charge in [0, 0.05) is 30.1 Å². The molecule has 1 fully saturated rings. The third-order valence-corrected chi connectivity index (χ3v) is 9.80. The molecule has 1 amide bonds. The number of hydrogen-bond acceptors (Lipinski definition) is 5. The van der Waals surface area contributed by atoms with Crippen molar-refractivity contribution in [1.29, 1.82) is 0 Å². The molecule has 2 aliphatic rings. The third kappa shape index (κ3) is 5.05. The van der Waals surface area contributed by atoms with Gasteiger partial charge in [0.05, 0.1) is 22.0 Å². The Kier molecular flexibility index (Phi) is 7.24. The summed E-state index contributed by atoms with van der Waals surface area (Å²) in [5, 5.41) is 13.5. The summed E-state index contributed by atoms with van der Waals surface area (Å²) in [7, 11) is -3.86. The molecule has 2 aromatic carbocycles. The first-order valence-electron chi connectivity index (χ1n) is 13.2. The number of fused-ring (bicyclic) bond motifs is 2. The maximum Gasteiger partial charge on any atom is 0.336 e. The fourth-order valence-electron chi connectivity index (χ4n) is 5.66. The van der Waals surface area contributed by atoms with Crippen LogP contribution in [0.2, 0.25) is 0 Å². The Hall–Kier alpha value is -3.30. The Morgan fingerprint density at radius 2 is 1.79 bits per heavy atom. The number of benzene rings is 2. The highest BCUT2D eigenvalue weighted by molar-refractivity contribution is 7.89. The van der Waals surface area contributed by atoms with Crippen molar-refractivity contribution in [3.8, 4) is 0 Å². The molecule has 2 N–H and O–H groups in total. The van der Waals surface area contributed by atoms with Crippen LogP contribution in [0.4, 0.5) is 0 Å². The van der Waals surface area contributed by atoms with E-state index >= 15 is 0 Å². The second-order valence-corrected chi connectivity index (χ2v) is 12.5. The fourth-order valence-corrected chi connectivity index (χ4v) is 7.16. The van der Waals surface area contributed by atoms with E-state index in [9.17, 15) is 23.1 Å². The number of sulfonamides is 1. The van der Waals surface area contributed by atoms with Crippen molar-refractivity contribution in [2.45, 2.75) is 56.9 Å². The third-order valence-electron chi connectivity index (χ3n) is 7.90. The molecule has 5 rings (SSSR count). The first-order chi connectivity index (χ1) is 18.1. The van der Waals surface area contributed by atoms with Gasteiger partial charge >= 0.3 is 5.97 Å². The van der Waals surface area contributed by atoms with Gasteiger partial charge in [-0.2, -0.15) is 4.31 Å². The van der Waals surface area contributed by atoms with Gasteiger partial charge in [0.2, 0.25) is 15.9 Å². The second-order valence-electron chi connectivity index (χ2n) is 10.6. The van der Waals surface area contributed by atoms with Gasteiger partial charge in [0.25, 0.3) is 0 Å². The average Bonchev–Trinajstić information content (AvgIpc) is 2.91. The number of carboxylic acids is 1. The standard InChI is InChI=1S/C29H33N3O5S/c1-18-8-10-25-23(16-18)27(29(34)35)24-17-22(9-11-26(24)31-25)38(36,37)32-14-12-21(13-15-32)28(33)30-19(2)20-6-4-3-5-7-20/h3-7,9,11,17-19,21H,8,10,12-16H2,1-2H3,(H,30,33)(H,34,35)/t18-,19-/m0/s1. The summed E-state index contributed by atoms with van der Waals surface area (Å²) in [5.74, 6) is -1.05. The fraction of sp³-hybridized carbons (Fsp3) is 0.414. The molecule has 0 spiro atoms. The molecule has 0 bridgehead atoms. The predicted molar refractivity (Wildman–Crippen MR) is 144 cm³/mol. The van der Waals surface area contributed by atoms with Crippen molar-refractivity contribution in [1.82, 2.24) is 14.6 Å². The second kappa shape index (κ2) is 10.5. The molecule has 1 saturated heterocycles. The van der Waals surface area contributed by atoms with Crippen molar-refractivity contribution >= 4 is 32.8 Å². The Balaban J connectivity index is 1.34. The average molecular weight is 536 g/mol. The van der Waals surface area contributed by atoms with Gasteiger partial charge in [-0.15, -0.1) is 0 Å². The van der Waals surface area contributed by atoms with E-state index < -0.39 is 16.0 Å². The van der Waals surface area contributed by atoms with E-state index in [1.54, 1.807) is 6.07 Å². The number of aromatic carboxylic acids is 1. The summed E-state index contributed by atoms with van der Waals surface area (Å²) in [6, 6.07) is 14.2. The Morgan fingerprint density at radius 1 is 1.08 bits per heavy atom. The molecule has 2 heterocycles. The van der Waals surface area contributed by atoms with Gasteiger partial charge in [0.1, 0.15) is 0 Å². The van der Waals surface area contributed by atoms with Gasteiger partial charge in [-0.05, 0) is 74.3 Å². The van der Waals surface area contributed by atoms with Gasteiger partial charge < -0.3 is 10.4 Å². The van der Waals surface area contributed by atoms with E-state index in [1.807, 2.05) is 37.3 Å². The number of aromatic nitrogens is 1. The zero-order chi connectivity index (χ0) is 27.0. The number of piperidine rings is 1. The van der Waals surface area contributed by atoms with Gasteiger partial charge in [-0.1, -0.05) is 37.3 Å². The highest BCUT2D eigenvalue weighted by Gasteiger charge is 2.33. The number of carbonyl (C=O) groups is 2. The van der Waals surface area contributed by atoms with E-state index in [0.29, 0.717) is 36.1 Å². The summed E-state index contributed by atoms with van der Waals surface area (Å²) in [5.41, 5.74) is 3.19. The molecule has 9 heteroatoms. The smallest absolute Gasteiger partial charge is 0.336 e. The number of pyridine rings is 1. The molecule has 1 aliphatic carbocycles. The normalized spacial score (nSPS) is 19.6. The molecule has 1 aromatic heterocycles. The number of nitrogens with zero attached hydrogens (tertiary/aromatic N) is 2. The number of nitrogens with one attached hydrogen (secondary N) is 1. The SMILES string of the molecule is C[C@H]1CCc2nc3ccc(S(=O)(=O)N4CCC(C(=O)N[C@@H](C)c5ccccc5)CC4)cc3c(C(=O)O)c2C1. The molecule has 0 saturated carbocycles. The zero-order valence-corrected chi connectivity index (χ0v) is 22.5. The number of carbonyl (C=O) groups excluding carboxylic acids is 1. The van der Waals surface area contributed by atoms with Crippen molar-refractivity contribution in [2.24, 2.45) is 11.8 Å². The maximum absolute atomic E-state index is 13.5. The number of rotatable bonds is 6. The van der Waals surface area contributed by atoms with Crippen molar-refractivity contribution in [2.75, 3.05) is 13.1 Å². The van der Waals surface area contributed by atoms with Crippen LogP contribution in [0, 0.1) is 11.8 Å². The van der Waals surface area contributed by atoms with Crippen LogP contribution in [0.25, 0.3) is 10.9 Å². The molecule has 2 atom stereocenters. The van der Waals surface area contributed by atoms with Crippen LogP contribution < -0.4 is 5.32 Å². The van der Waals surface area contributed by atoms with Crippen LogP contribution in [0.15, 0.2) is 53.4 Å². The van der Waals surface area contributed by atoms with Crippen LogP contribution in [0.1, 0.15) is 66.3 Å². The van der Waals surface area contributed by atoms with Crippen LogP contribution in [0.5, 0.6) is 0 Å². The summed E-state index contributed by atoms with van der Waals surface area (Å²) >= 11 is 0. The molecular formula is C29H33N3O5S. The lowest BCUT2D eigenvalue weighted by Crippen LogP contribution is -2.43. The number of aryl methyl sites for hydroxylation is 1. The van der Waals surface area contributed by atoms with Gasteiger partial charge in [0.15, 0.2) is 0 Å². The van der Waals surface area contributed by atoms with Crippen molar-refractivity contribution in [3.63, 3.8) is 0 Å². The van der Waals surface area contributed by atoms with E-state index in [0.717, 1.165) is 29.7 Å². The highest BCUT2D eigenvalue weighted by Crippen LogP contribution is 2.33. The molecule has 0 radical (unpaired) electrons. The molecule has 38 heavy (non-hydrogen) atoms. The quantitative estimate of drug-likeness (QED) is 0.485. The molecule has 1 aliphatic heterocycles. The van der Waals surface area contributed by atoms with Crippen LogP contribution in [-0.2, 0) is 27.7 Å². The molecule has 8 nitrogen and oxygen atoms in total. The Bertz CT molecular complexity index is 1480. The van der Waals surface area contributed by atoms with Gasteiger partial charge in [-0.25, -0.2) is 13.2 Å². The van der Waals surface area contributed by atoms with Crippen LogP contribution in [0.3, 0.4) is 0 Å². The predicted octanol–water partition coefficient (Wildman–Crippen LogP) is 4.34. The minimum atomic E-state index is -3.86. The molecule has 0 unspecified atom stereocenters. The minimum absolute atomic E-state index is 0.0544. The van der Waals surface area contributed by atoms with Crippen molar-refractivity contribution in [3.05, 3.63) is 70.9 Å². The topological polar surface area (TPSA) is 117 Å². The number of carboxylic acid groups (broad SMARTS) is 1. The summed E-state index contributed by atoms with van der Waals surface area (Å²) in [6.07, 6.45) is 3.14. The lowest BCUT2D eigenvalue weighted by Gasteiger charge is -2.31. The van der Waals surface area contributed by atoms with E-state index in [1.165, 1.54) is 16.4 Å². The zero-order valence-electron chi connectivity index (χ0n) is 21.7. The highest BCUT2D eigenvalue weighted by atomic mass is 32.2. The molecule has 3 aromatic rings. The van der Waals surface area contributed by atoms with E-state index in [-0.39, 0.29) is 41.4 Å². The van der Waals surface area contributed by atoms with Crippen LogP contribution >= 0.6 is 0 Å². The van der Waals surface area contributed by atoms with E-state index in [2.05, 4.69) is 17.2 Å². The van der Waals surface area contributed by atoms with Gasteiger partial charge in [-0.3, -0.25) is 9.78 Å². The Labute approximate surface area is 223 Å². The van der Waals surface area contributed by atoms with E-state index in [4.69, 9.17) is 0 Å². The number of amides is 1. The lowest BCUT2D eigenvalue weighted by molar-refractivity contribution is -0.126. The molecule has 200 valence electrons. The van der Waals surface area contributed by atoms with Crippen LogP contribution in [-0.4, -0.2) is 47.8 Å². The largest absolute Gasteiger partial charge is 0.478 e. The summed E-state index contributed by atoms with van der Waals surface area (Å²) in [4.78, 5) is 29.9. The lowest BCUT2D eigenvalue weighted by atomic mass is 9.84. The van der Waals surface area contributed by atoms with Crippen molar-refractivity contribution < 1.29 is 23.1 Å². The molecular weight excluding hydrogens is 502 g/mol. The summed E-state index contributed by atoms with van der Waals surface area (Å²) in [6.45, 7) is 4.48. The first kappa shape index (κ1) is 26.3. The summed E-state index contributed by atoms with van der Waals surface area (Å²) < 4.78 is 28.5. The minimum Gasteiger partial charge on any atom is -0.478 e. The Morgan fingerprint density at radius 3 is 2.47 bits per heavy atom.